The minimum Gasteiger partial charge on any atom is -0.389 e. The highest BCUT2D eigenvalue weighted by atomic mass is 35.5. The van der Waals surface area contributed by atoms with E-state index in [0.717, 1.165) is 37.4 Å². The standard InChI is InChI=1S/C14H20ClNO2/c1-10-9-16(6-3-7-18-10)14-5-4-12(11(2)17)8-13(14)15/h4-5,8,10-11,17H,3,6-7,9H2,1-2H3/t10?,11-/m1/s1. The number of aliphatic hydroxyl groups excluding tert-OH is 1. The van der Waals surface area contributed by atoms with Gasteiger partial charge in [-0.2, -0.15) is 0 Å². The van der Waals surface area contributed by atoms with Gasteiger partial charge in [-0.3, -0.25) is 0 Å². The largest absolute Gasteiger partial charge is 0.389 e. The molecule has 18 heavy (non-hydrogen) atoms. The maximum Gasteiger partial charge on any atom is 0.0762 e. The van der Waals surface area contributed by atoms with E-state index in [4.69, 9.17) is 16.3 Å². The van der Waals surface area contributed by atoms with Gasteiger partial charge in [-0.1, -0.05) is 17.7 Å². The van der Waals surface area contributed by atoms with E-state index < -0.39 is 6.10 Å². The Hall–Kier alpha value is -0.770. The molecule has 1 fully saturated rings. The third-order valence-electron chi connectivity index (χ3n) is 3.25. The minimum atomic E-state index is -0.483. The molecule has 1 aliphatic heterocycles. The fourth-order valence-corrected chi connectivity index (χ4v) is 2.56. The van der Waals surface area contributed by atoms with Crippen LogP contribution in [0.25, 0.3) is 0 Å². The quantitative estimate of drug-likeness (QED) is 0.896. The number of rotatable bonds is 2. The second-order valence-electron chi connectivity index (χ2n) is 4.87. The molecule has 0 spiro atoms. The summed E-state index contributed by atoms with van der Waals surface area (Å²) in [6, 6.07) is 5.77. The van der Waals surface area contributed by atoms with Crippen molar-refractivity contribution < 1.29 is 9.84 Å². The van der Waals surface area contributed by atoms with E-state index in [1.165, 1.54) is 0 Å². The third-order valence-corrected chi connectivity index (χ3v) is 3.55. The van der Waals surface area contributed by atoms with Gasteiger partial charge >= 0.3 is 0 Å². The van der Waals surface area contributed by atoms with Crippen molar-refractivity contribution in [1.29, 1.82) is 0 Å². The summed E-state index contributed by atoms with van der Waals surface area (Å²) in [5.41, 5.74) is 1.88. The molecule has 1 aliphatic rings. The molecule has 0 aliphatic carbocycles. The number of nitrogens with zero attached hydrogens (tertiary/aromatic N) is 1. The Labute approximate surface area is 113 Å². The Morgan fingerprint density at radius 1 is 1.50 bits per heavy atom. The number of halogens is 1. The van der Waals surface area contributed by atoms with Gasteiger partial charge in [0.2, 0.25) is 0 Å². The molecule has 1 aromatic rings. The smallest absolute Gasteiger partial charge is 0.0762 e. The molecule has 0 radical (unpaired) electrons. The van der Waals surface area contributed by atoms with Crippen molar-refractivity contribution in [3.8, 4) is 0 Å². The van der Waals surface area contributed by atoms with Crippen LogP contribution in [0, 0.1) is 0 Å². The summed E-state index contributed by atoms with van der Waals surface area (Å²) < 4.78 is 5.63. The second-order valence-corrected chi connectivity index (χ2v) is 5.27. The lowest BCUT2D eigenvalue weighted by Crippen LogP contribution is -2.30. The number of hydrogen-bond donors (Lipinski definition) is 1. The molecule has 1 heterocycles. The SMILES string of the molecule is CC1CN(c2ccc([C@@H](C)O)cc2Cl)CCCO1. The molecule has 2 rings (SSSR count). The van der Waals surface area contributed by atoms with Gasteiger partial charge in [0.25, 0.3) is 0 Å². The number of benzene rings is 1. The first-order valence-electron chi connectivity index (χ1n) is 6.42. The van der Waals surface area contributed by atoms with Gasteiger partial charge in [-0.05, 0) is 38.0 Å². The average molecular weight is 270 g/mol. The number of ether oxygens (including phenoxy) is 1. The molecule has 2 atom stereocenters. The Morgan fingerprint density at radius 2 is 2.28 bits per heavy atom. The van der Waals surface area contributed by atoms with Crippen LogP contribution in [0.4, 0.5) is 5.69 Å². The maximum atomic E-state index is 9.54. The van der Waals surface area contributed by atoms with Gasteiger partial charge in [0.05, 0.1) is 22.9 Å². The molecule has 0 amide bonds. The zero-order valence-corrected chi connectivity index (χ0v) is 11.7. The predicted octanol–water partition coefficient (Wildman–Crippen LogP) is 3.01. The van der Waals surface area contributed by atoms with Crippen LogP contribution in [-0.2, 0) is 4.74 Å². The molecule has 0 aromatic heterocycles. The van der Waals surface area contributed by atoms with E-state index in [9.17, 15) is 5.11 Å². The van der Waals surface area contributed by atoms with Crippen molar-refractivity contribution >= 4 is 17.3 Å². The van der Waals surface area contributed by atoms with Crippen LogP contribution >= 0.6 is 11.6 Å². The minimum absolute atomic E-state index is 0.222. The fourth-order valence-electron chi connectivity index (χ4n) is 2.25. The molecule has 4 heteroatoms. The van der Waals surface area contributed by atoms with E-state index in [2.05, 4.69) is 11.8 Å². The van der Waals surface area contributed by atoms with E-state index in [1.54, 1.807) is 6.92 Å². The van der Waals surface area contributed by atoms with Gasteiger partial charge in [0.1, 0.15) is 0 Å². The normalized spacial score (nSPS) is 22.7. The van der Waals surface area contributed by atoms with Crippen molar-refractivity contribution in [2.45, 2.75) is 32.5 Å². The zero-order valence-electron chi connectivity index (χ0n) is 10.9. The molecule has 0 saturated carbocycles. The molecule has 3 nitrogen and oxygen atoms in total. The summed E-state index contributed by atoms with van der Waals surface area (Å²) in [4.78, 5) is 2.26. The summed E-state index contributed by atoms with van der Waals surface area (Å²) >= 11 is 6.31. The summed E-state index contributed by atoms with van der Waals surface area (Å²) in [7, 11) is 0. The van der Waals surface area contributed by atoms with Gasteiger partial charge in [-0.25, -0.2) is 0 Å². The average Bonchev–Trinajstić information content (AvgIpc) is 2.53. The zero-order chi connectivity index (χ0) is 13.1. The summed E-state index contributed by atoms with van der Waals surface area (Å²) in [6.07, 6.45) is 0.752. The van der Waals surface area contributed by atoms with E-state index in [0.29, 0.717) is 5.02 Å². The lowest BCUT2D eigenvalue weighted by atomic mass is 10.1. The summed E-state index contributed by atoms with van der Waals surface area (Å²) in [5.74, 6) is 0. The second kappa shape index (κ2) is 5.91. The highest BCUT2D eigenvalue weighted by Gasteiger charge is 2.18. The first-order valence-corrected chi connectivity index (χ1v) is 6.80. The first-order chi connectivity index (χ1) is 8.58. The molecule has 1 N–H and O–H groups in total. The lowest BCUT2D eigenvalue weighted by Gasteiger charge is -2.25. The van der Waals surface area contributed by atoms with Crippen molar-refractivity contribution in [3.63, 3.8) is 0 Å². The topological polar surface area (TPSA) is 32.7 Å². The highest BCUT2D eigenvalue weighted by molar-refractivity contribution is 6.33. The van der Waals surface area contributed by atoms with Crippen LogP contribution in [0.3, 0.4) is 0 Å². The Kier molecular flexibility index (Phi) is 4.49. The molecule has 1 aromatic carbocycles. The Balaban J connectivity index is 2.21. The molecular weight excluding hydrogens is 250 g/mol. The Morgan fingerprint density at radius 3 is 2.94 bits per heavy atom. The number of anilines is 1. The van der Waals surface area contributed by atoms with Crippen LogP contribution < -0.4 is 4.90 Å². The first kappa shape index (κ1) is 13.7. The van der Waals surface area contributed by atoms with Crippen LogP contribution in [0.5, 0.6) is 0 Å². The molecule has 100 valence electrons. The van der Waals surface area contributed by atoms with Crippen molar-refractivity contribution in [3.05, 3.63) is 28.8 Å². The molecular formula is C14H20ClNO2. The highest BCUT2D eigenvalue weighted by Crippen LogP contribution is 2.30. The predicted molar refractivity (Wildman–Crippen MR) is 74.3 cm³/mol. The van der Waals surface area contributed by atoms with Crippen molar-refractivity contribution in [2.75, 3.05) is 24.6 Å². The van der Waals surface area contributed by atoms with Crippen molar-refractivity contribution in [2.24, 2.45) is 0 Å². The van der Waals surface area contributed by atoms with Gasteiger partial charge < -0.3 is 14.7 Å². The fraction of sp³-hybridized carbons (Fsp3) is 0.571. The molecule has 1 saturated heterocycles. The van der Waals surface area contributed by atoms with E-state index >= 15 is 0 Å². The number of hydrogen-bond acceptors (Lipinski definition) is 3. The summed E-state index contributed by atoms with van der Waals surface area (Å²) in [6.45, 7) is 6.44. The van der Waals surface area contributed by atoms with Crippen LogP contribution in [-0.4, -0.2) is 30.9 Å². The number of aliphatic hydroxyl groups is 1. The Bertz CT molecular complexity index is 409. The van der Waals surface area contributed by atoms with Crippen LogP contribution in [0.15, 0.2) is 18.2 Å². The van der Waals surface area contributed by atoms with Gasteiger partial charge in [0.15, 0.2) is 0 Å². The van der Waals surface area contributed by atoms with Crippen LogP contribution in [0.1, 0.15) is 31.9 Å². The van der Waals surface area contributed by atoms with Gasteiger partial charge in [0, 0.05) is 19.7 Å². The maximum absolute atomic E-state index is 9.54. The van der Waals surface area contributed by atoms with E-state index in [1.807, 2.05) is 18.2 Å². The van der Waals surface area contributed by atoms with Gasteiger partial charge in [-0.15, -0.1) is 0 Å². The molecule has 1 unspecified atom stereocenters. The van der Waals surface area contributed by atoms with Crippen LogP contribution in [0.2, 0.25) is 5.02 Å². The monoisotopic (exact) mass is 269 g/mol. The summed E-state index contributed by atoms with van der Waals surface area (Å²) in [5, 5.41) is 10.2. The molecule has 0 bridgehead atoms. The van der Waals surface area contributed by atoms with Crippen molar-refractivity contribution in [1.82, 2.24) is 0 Å². The third kappa shape index (κ3) is 3.16. The van der Waals surface area contributed by atoms with E-state index in [-0.39, 0.29) is 6.10 Å². The lowest BCUT2D eigenvalue weighted by molar-refractivity contribution is 0.0821.